The fourth-order valence-electron chi connectivity index (χ4n) is 0. The van der Waals surface area contributed by atoms with Crippen molar-refractivity contribution in [3.8, 4) is 0 Å². The summed E-state index contributed by atoms with van der Waals surface area (Å²) in [6.45, 7) is 0. The zero-order valence-corrected chi connectivity index (χ0v) is 5.39. The normalized spacial score (nSPS) is 5.33. The van der Waals surface area contributed by atoms with Crippen LogP contribution in [-0.4, -0.2) is 20.6 Å². The van der Waals surface area contributed by atoms with Crippen LogP contribution in [0.1, 0.15) is 0 Å². The van der Waals surface area contributed by atoms with E-state index >= 15 is 0 Å². The summed E-state index contributed by atoms with van der Waals surface area (Å²) in [6.07, 6.45) is 0. The van der Waals surface area contributed by atoms with Crippen LogP contribution < -0.4 is 0 Å². The van der Waals surface area contributed by atoms with Crippen molar-refractivity contribution >= 4 is 0 Å². The summed E-state index contributed by atoms with van der Waals surface area (Å²) in [5.74, 6) is 0. The molecule has 0 aliphatic rings. The van der Waals surface area contributed by atoms with E-state index in [1.165, 1.54) is 0 Å². The SMILES string of the molecule is O=[N+]([O-])O.O=[N+]([O-])O.[Rh]. The standard InChI is InChI=1S/2HNO3.Rh/c2*2-1(3)4;/h2*(H,2,3,4);. The van der Waals surface area contributed by atoms with E-state index in [0.29, 0.717) is 0 Å². The summed E-state index contributed by atoms with van der Waals surface area (Å²) in [5.41, 5.74) is 0. The second-order valence-electron chi connectivity index (χ2n) is 0.476. The molecule has 8 nitrogen and oxygen atoms in total. The number of nitrogens with zero attached hydrogens (tertiary/aromatic N) is 2. The molecule has 0 aromatic heterocycles. The van der Waals surface area contributed by atoms with Gasteiger partial charge in [-0.2, -0.15) is 0 Å². The molecule has 0 bridgehead atoms. The number of hydrogen-bond donors (Lipinski definition) is 2. The summed E-state index contributed by atoms with van der Waals surface area (Å²) in [4.78, 5) is 16.7. The molecule has 0 aromatic rings. The topological polar surface area (TPSA) is 127 Å². The van der Waals surface area contributed by atoms with Crippen LogP contribution in [0.15, 0.2) is 0 Å². The van der Waals surface area contributed by atoms with Crippen molar-refractivity contribution in [3.05, 3.63) is 20.2 Å². The Hall–Kier alpha value is -0.977. The van der Waals surface area contributed by atoms with Gasteiger partial charge in [0.05, 0.1) is 0 Å². The summed E-state index contributed by atoms with van der Waals surface area (Å²) < 4.78 is 0. The molecule has 57 valence electrons. The third-order valence-corrected chi connectivity index (χ3v) is 0. The molecule has 0 rings (SSSR count). The molecule has 0 amide bonds. The van der Waals surface area contributed by atoms with E-state index in [1.54, 1.807) is 0 Å². The number of hydrogen-bond acceptors (Lipinski definition) is 4. The van der Waals surface area contributed by atoms with Crippen LogP contribution in [0.5, 0.6) is 0 Å². The maximum Gasteiger partial charge on any atom is 0.291 e. The molecule has 0 aliphatic heterocycles. The minimum Gasteiger partial charge on any atom is -0.328 e. The Balaban J connectivity index is -0.0000000720. The molecule has 0 fully saturated rings. The van der Waals surface area contributed by atoms with Crippen molar-refractivity contribution in [2.75, 3.05) is 0 Å². The first-order valence-electron chi connectivity index (χ1n) is 1.13. The summed E-state index contributed by atoms with van der Waals surface area (Å²) >= 11 is 0. The van der Waals surface area contributed by atoms with Crippen LogP contribution in [0.3, 0.4) is 0 Å². The zero-order chi connectivity index (χ0) is 7.15. The maximum absolute atomic E-state index is 8.36. The van der Waals surface area contributed by atoms with Gasteiger partial charge in [0.1, 0.15) is 0 Å². The van der Waals surface area contributed by atoms with E-state index < -0.39 is 10.2 Å². The van der Waals surface area contributed by atoms with E-state index in [1.807, 2.05) is 0 Å². The van der Waals surface area contributed by atoms with Crippen molar-refractivity contribution in [1.82, 2.24) is 0 Å². The fraction of sp³-hybridized carbons (Fsp3) is 0. The van der Waals surface area contributed by atoms with E-state index in [9.17, 15) is 0 Å². The van der Waals surface area contributed by atoms with Crippen molar-refractivity contribution in [2.24, 2.45) is 0 Å². The van der Waals surface area contributed by atoms with E-state index in [-0.39, 0.29) is 19.5 Å². The minimum atomic E-state index is -1.50. The Bertz CT molecular complexity index is 69.1. The van der Waals surface area contributed by atoms with Gasteiger partial charge in [0, 0.05) is 19.5 Å². The predicted octanol–water partition coefficient (Wildman–Crippen LogP) is -0.698. The van der Waals surface area contributed by atoms with Gasteiger partial charge in [0.15, 0.2) is 0 Å². The first-order chi connectivity index (χ1) is 3.46. The Morgan fingerprint density at radius 1 is 1.00 bits per heavy atom. The second kappa shape index (κ2) is 10.1. The smallest absolute Gasteiger partial charge is 0.291 e. The van der Waals surface area contributed by atoms with E-state index in [2.05, 4.69) is 0 Å². The monoisotopic (exact) mass is 229 g/mol. The largest absolute Gasteiger partial charge is 0.328 e. The molecular formula is H2N2O6Rh. The molecule has 0 atom stereocenters. The molecule has 0 aromatic carbocycles. The maximum atomic E-state index is 8.36. The third-order valence-electron chi connectivity index (χ3n) is 0. The first-order valence-corrected chi connectivity index (χ1v) is 1.13. The Kier molecular flexibility index (Phi) is 17.6. The molecule has 0 aliphatic carbocycles. The quantitative estimate of drug-likeness (QED) is 0.321. The van der Waals surface area contributed by atoms with Crippen LogP contribution in [0.4, 0.5) is 0 Å². The van der Waals surface area contributed by atoms with Gasteiger partial charge in [0.2, 0.25) is 0 Å². The molecule has 0 saturated carbocycles. The van der Waals surface area contributed by atoms with Gasteiger partial charge in [-0.15, -0.1) is 20.2 Å². The van der Waals surface area contributed by atoms with Crippen LogP contribution in [0.2, 0.25) is 0 Å². The van der Waals surface area contributed by atoms with Crippen molar-refractivity contribution < 1.29 is 40.1 Å². The van der Waals surface area contributed by atoms with Gasteiger partial charge in [0.25, 0.3) is 10.2 Å². The molecule has 1 radical (unpaired) electrons. The zero-order valence-electron chi connectivity index (χ0n) is 3.76. The molecule has 2 N–H and O–H groups in total. The van der Waals surface area contributed by atoms with Crippen LogP contribution >= 0.6 is 0 Å². The van der Waals surface area contributed by atoms with Gasteiger partial charge < -0.3 is 10.4 Å². The average molecular weight is 229 g/mol. The van der Waals surface area contributed by atoms with Crippen LogP contribution in [0.25, 0.3) is 0 Å². The molecule has 0 spiro atoms. The predicted molar refractivity (Wildman–Crippen MR) is 17.6 cm³/mol. The first kappa shape index (κ1) is 15.7. The van der Waals surface area contributed by atoms with Crippen LogP contribution in [-0.2, 0) is 19.5 Å². The van der Waals surface area contributed by atoms with Gasteiger partial charge in [-0.1, -0.05) is 0 Å². The van der Waals surface area contributed by atoms with E-state index in [0.717, 1.165) is 0 Å². The molecular weight excluding hydrogens is 227 g/mol. The second-order valence-corrected chi connectivity index (χ2v) is 0.476. The molecule has 9 heavy (non-hydrogen) atoms. The molecule has 0 unspecified atom stereocenters. The van der Waals surface area contributed by atoms with Crippen molar-refractivity contribution in [1.29, 1.82) is 0 Å². The minimum absolute atomic E-state index is 0. The Labute approximate surface area is 61.1 Å². The van der Waals surface area contributed by atoms with Gasteiger partial charge in [-0.25, -0.2) is 0 Å². The van der Waals surface area contributed by atoms with Gasteiger partial charge >= 0.3 is 0 Å². The number of rotatable bonds is 0. The van der Waals surface area contributed by atoms with Crippen LogP contribution in [0, 0.1) is 20.2 Å². The Morgan fingerprint density at radius 2 is 1.00 bits per heavy atom. The Morgan fingerprint density at radius 3 is 1.00 bits per heavy atom. The summed E-state index contributed by atoms with van der Waals surface area (Å²) in [7, 11) is 0. The fourth-order valence-corrected chi connectivity index (χ4v) is 0. The van der Waals surface area contributed by atoms with E-state index in [4.69, 9.17) is 30.6 Å². The summed E-state index contributed by atoms with van der Waals surface area (Å²) in [5, 5.41) is 27.3. The van der Waals surface area contributed by atoms with Crippen molar-refractivity contribution in [3.63, 3.8) is 0 Å². The molecule has 9 heteroatoms. The van der Waals surface area contributed by atoms with Crippen molar-refractivity contribution in [2.45, 2.75) is 0 Å². The van der Waals surface area contributed by atoms with Gasteiger partial charge in [-0.05, 0) is 0 Å². The molecule has 0 heterocycles. The average Bonchev–Trinajstić information content (AvgIpc) is 1.25. The van der Waals surface area contributed by atoms with Gasteiger partial charge in [-0.3, -0.25) is 0 Å². The third kappa shape index (κ3) is 186. The molecule has 0 saturated heterocycles. The summed E-state index contributed by atoms with van der Waals surface area (Å²) in [6, 6.07) is 0.